The predicted octanol–water partition coefficient (Wildman–Crippen LogP) is 1.65. The first-order valence-corrected chi connectivity index (χ1v) is 5.24. The molecular weight excluding hydrogens is 195 g/mol. The smallest absolute Gasteiger partial charge is 0.214 e. The molecule has 0 spiro atoms. The fraction of sp³-hybridized carbons (Fsp3) is 0.545. The van der Waals surface area contributed by atoms with Gasteiger partial charge in [-0.1, -0.05) is 0 Å². The molecule has 1 saturated heterocycles. The van der Waals surface area contributed by atoms with E-state index < -0.39 is 6.36 Å². The third-order valence-electron chi connectivity index (χ3n) is 2.57. The minimum atomic E-state index is -1.17. The molecule has 0 amide bonds. The quantitative estimate of drug-likeness (QED) is 0.823. The van der Waals surface area contributed by atoms with Gasteiger partial charge in [0.25, 0.3) is 0 Å². The van der Waals surface area contributed by atoms with Crippen molar-refractivity contribution in [2.45, 2.75) is 31.8 Å². The van der Waals surface area contributed by atoms with Crippen LogP contribution in [0.5, 0.6) is 0 Å². The van der Waals surface area contributed by atoms with Gasteiger partial charge in [0.15, 0.2) is 0 Å². The predicted molar refractivity (Wildman–Crippen MR) is 54.9 cm³/mol. The molecule has 1 aliphatic rings. The molecule has 2 rings (SSSR count). The molecule has 4 heteroatoms. The number of hydrogen-bond donors (Lipinski definition) is 1. The zero-order valence-corrected chi connectivity index (χ0v) is 8.53. The molecule has 2 unspecified atom stereocenters. The number of hydrogen-bond acceptors (Lipinski definition) is 3. The summed E-state index contributed by atoms with van der Waals surface area (Å²) in [6.45, 7) is 1.20. The van der Waals surface area contributed by atoms with Gasteiger partial charge in [-0.15, -0.1) is 0 Å². The monoisotopic (exact) mass is 210 g/mol. The highest BCUT2D eigenvalue weighted by Crippen LogP contribution is 2.15. The first-order valence-electron chi connectivity index (χ1n) is 5.24. The van der Waals surface area contributed by atoms with Gasteiger partial charge in [-0.25, -0.2) is 4.39 Å². The lowest BCUT2D eigenvalue weighted by Gasteiger charge is -2.26. The van der Waals surface area contributed by atoms with Crippen LogP contribution >= 0.6 is 0 Å². The summed E-state index contributed by atoms with van der Waals surface area (Å²) < 4.78 is 18.2. The summed E-state index contributed by atoms with van der Waals surface area (Å²) in [4.78, 5) is 3.93. The molecule has 1 N–H and O–H groups in total. The lowest BCUT2D eigenvalue weighted by atomic mass is 10.1. The maximum Gasteiger partial charge on any atom is 0.214 e. The third-order valence-corrected chi connectivity index (χ3v) is 2.57. The second-order valence-corrected chi connectivity index (χ2v) is 3.71. The second kappa shape index (κ2) is 5.19. The van der Waals surface area contributed by atoms with Gasteiger partial charge < -0.3 is 10.1 Å². The molecule has 1 aliphatic heterocycles. The van der Waals surface area contributed by atoms with Crippen LogP contribution in [0.15, 0.2) is 24.5 Å². The third kappa shape index (κ3) is 2.97. The van der Waals surface area contributed by atoms with Gasteiger partial charge in [0.1, 0.15) is 0 Å². The number of ether oxygens (including phenoxy) is 1. The zero-order valence-electron chi connectivity index (χ0n) is 8.53. The average molecular weight is 210 g/mol. The Kier molecular flexibility index (Phi) is 3.64. The van der Waals surface area contributed by atoms with Gasteiger partial charge in [-0.05, 0) is 30.5 Å². The van der Waals surface area contributed by atoms with Gasteiger partial charge in [0, 0.05) is 18.9 Å². The summed E-state index contributed by atoms with van der Waals surface area (Å²) in [6, 6.07) is 3.67. The fourth-order valence-corrected chi connectivity index (χ4v) is 1.69. The van der Waals surface area contributed by atoms with Crippen LogP contribution in [-0.2, 0) is 11.3 Å². The van der Waals surface area contributed by atoms with E-state index in [9.17, 15) is 4.39 Å². The van der Waals surface area contributed by atoms with Crippen LogP contribution in [0.2, 0.25) is 0 Å². The highest BCUT2D eigenvalue weighted by Gasteiger charge is 2.24. The molecular formula is C11H15FN2O. The number of nitrogens with one attached hydrogen (secondary N) is 1. The topological polar surface area (TPSA) is 34.1 Å². The van der Waals surface area contributed by atoms with Gasteiger partial charge in [-0.3, -0.25) is 4.98 Å². The normalized spacial score (nSPS) is 26.5. The number of alkyl halides is 1. The van der Waals surface area contributed by atoms with Crippen LogP contribution in [-0.4, -0.2) is 24.0 Å². The van der Waals surface area contributed by atoms with Crippen LogP contribution in [0.3, 0.4) is 0 Å². The first-order chi connectivity index (χ1) is 7.36. The Morgan fingerprint density at radius 3 is 3.00 bits per heavy atom. The standard InChI is InChI=1S/C11H15FN2O/c12-11-10(2-1-7-15-11)14-8-9-3-5-13-6-4-9/h3-6,10-11,14H,1-2,7-8H2. The number of halogens is 1. The van der Waals surface area contributed by atoms with Crippen molar-refractivity contribution in [3.8, 4) is 0 Å². The minimum Gasteiger partial charge on any atom is -0.347 e. The van der Waals surface area contributed by atoms with Crippen molar-refractivity contribution < 1.29 is 9.13 Å². The van der Waals surface area contributed by atoms with E-state index in [0.29, 0.717) is 13.2 Å². The molecule has 0 bridgehead atoms. The van der Waals surface area contributed by atoms with E-state index in [4.69, 9.17) is 4.74 Å². The van der Waals surface area contributed by atoms with Crippen LogP contribution in [0.1, 0.15) is 18.4 Å². The van der Waals surface area contributed by atoms with Crippen molar-refractivity contribution in [2.24, 2.45) is 0 Å². The van der Waals surface area contributed by atoms with Gasteiger partial charge in [-0.2, -0.15) is 0 Å². The molecule has 1 fully saturated rings. The van der Waals surface area contributed by atoms with Crippen molar-refractivity contribution >= 4 is 0 Å². The van der Waals surface area contributed by atoms with E-state index in [2.05, 4.69) is 10.3 Å². The first kappa shape index (κ1) is 10.5. The van der Waals surface area contributed by atoms with Crippen LogP contribution in [0, 0.1) is 0 Å². The van der Waals surface area contributed by atoms with E-state index >= 15 is 0 Å². The highest BCUT2D eigenvalue weighted by atomic mass is 19.1. The van der Waals surface area contributed by atoms with E-state index in [1.165, 1.54) is 0 Å². The van der Waals surface area contributed by atoms with Gasteiger partial charge in [0.05, 0.1) is 12.6 Å². The molecule has 82 valence electrons. The van der Waals surface area contributed by atoms with E-state index in [0.717, 1.165) is 18.4 Å². The Morgan fingerprint density at radius 2 is 2.27 bits per heavy atom. The summed E-state index contributed by atoms with van der Waals surface area (Å²) in [5.74, 6) is 0. The molecule has 0 aliphatic carbocycles. The minimum absolute atomic E-state index is 0.174. The Labute approximate surface area is 88.7 Å². The lowest BCUT2D eigenvalue weighted by molar-refractivity contribution is -0.0897. The van der Waals surface area contributed by atoms with Crippen molar-refractivity contribution in [1.82, 2.24) is 10.3 Å². The largest absolute Gasteiger partial charge is 0.347 e. The van der Waals surface area contributed by atoms with E-state index in [1.807, 2.05) is 12.1 Å². The summed E-state index contributed by atoms with van der Waals surface area (Å²) >= 11 is 0. The van der Waals surface area contributed by atoms with Crippen LogP contribution in [0.25, 0.3) is 0 Å². The van der Waals surface area contributed by atoms with Gasteiger partial charge >= 0.3 is 0 Å². The number of rotatable bonds is 3. The summed E-state index contributed by atoms with van der Waals surface area (Å²) in [5.41, 5.74) is 1.11. The van der Waals surface area contributed by atoms with Crippen LogP contribution in [0.4, 0.5) is 4.39 Å². The van der Waals surface area contributed by atoms with E-state index in [-0.39, 0.29) is 6.04 Å². The average Bonchev–Trinajstić information content (AvgIpc) is 2.29. The maximum absolute atomic E-state index is 13.3. The highest BCUT2D eigenvalue weighted by molar-refractivity contribution is 5.09. The molecule has 2 heterocycles. The maximum atomic E-state index is 13.3. The second-order valence-electron chi connectivity index (χ2n) is 3.71. The van der Waals surface area contributed by atoms with Crippen molar-refractivity contribution in [2.75, 3.05) is 6.61 Å². The van der Waals surface area contributed by atoms with Crippen molar-refractivity contribution in [1.29, 1.82) is 0 Å². The Hall–Kier alpha value is -1.00. The molecule has 0 saturated carbocycles. The summed E-state index contributed by atoms with van der Waals surface area (Å²) in [6.07, 6.45) is 4.07. The molecule has 1 aromatic rings. The molecule has 15 heavy (non-hydrogen) atoms. The van der Waals surface area contributed by atoms with Crippen molar-refractivity contribution in [3.05, 3.63) is 30.1 Å². The molecule has 0 radical (unpaired) electrons. The number of nitrogens with zero attached hydrogens (tertiary/aromatic N) is 1. The van der Waals surface area contributed by atoms with Gasteiger partial charge in [0.2, 0.25) is 6.36 Å². The van der Waals surface area contributed by atoms with Crippen LogP contribution < -0.4 is 5.32 Å². The Balaban J connectivity index is 1.82. The molecule has 0 aromatic carbocycles. The molecule has 3 nitrogen and oxygen atoms in total. The number of pyridine rings is 1. The fourth-order valence-electron chi connectivity index (χ4n) is 1.69. The zero-order chi connectivity index (χ0) is 10.5. The Morgan fingerprint density at radius 1 is 1.47 bits per heavy atom. The summed E-state index contributed by atoms with van der Waals surface area (Å²) in [7, 11) is 0. The molecule has 1 aromatic heterocycles. The van der Waals surface area contributed by atoms with E-state index in [1.54, 1.807) is 12.4 Å². The Bertz CT molecular complexity index is 294. The lowest BCUT2D eigenvalue weighted by Crippen LogP contribution is -2.41. The summed E-state index contributed by atoms with van der Waals surface area (Å²) in [5, 5.41) is 3.16. The number of aromatic nitrogens is 1. The van der Waals surface area contributed by atoms with Crippen molar-refractivity contribution in [3.63, 3.8) is 0 Å². The SMILES string of the molecule is FC1OCCCC1NCc1ccncc1. The molecule has 2 atom stereocenters.